The summed E-state index contributed by atoms with van der Waals surface area (Å²) in [6, 6.07) is 9.52. The van der Waals surface area contributed by atoms with E-state index in [-0.39, 0.29) is 13.2 Å². The van der Waals surface area contributed by atoms with E-state index in [0.29, 0.717) is 0 Å². The van der Waals surface area contributed by atoms with Crippen LogP contribution in [-0.2, 0) is 6.61 Å². The summed E-state index contributed by atoms with van der Waals surface area (Å²) in [4.78, 5) is 0. The van der Waals surface area contributed by atoms with Crippen LogP contribution in [-0.4, -0.2) is 29.0 Å². The molecule has 0 fully saturated rings. The molecule has 0 heterocycles. The van der Waals surface area contributed by atoms with E-state index < -0.39 is 0 Å². The standard InChI is InChI=1S/C7H8O.C2H6O.CH4O/c8-6-7-4-2-1-3-5-7;1-2-3;1-2/h1-5,8H,6H2;3H,2H2,1H3;2H,1H3. The highest BCUT2D eigenvalue weighted by Crippen LogP contribution is 1.95. The summed E-state index contributed by atoms with van der Waals surface area (Å²) in [6.45, 7) is 2.07. The smallest absolute Gasteiger partial charge is 0.0681 e. The lowest BCUT2D eigenvalue weighted by Crippen LogP contribution is -1.77. The first-order chi connectivity index (χ1) is 6.35. The molecular formula is C10H18O3. The molecule has 0 amide bonds. The highest BCUT2D eigenvalue weighted by Gasteiger charge is 1.81. The molecule has 1 rings (SSSR count). The van der Waals surface area contributed by atoms with Crippen molar-refractivity contribution in [3.05, 3.63) is 35.9 Å². The number of hydrogen-bond donors (Lipinski definition) is 3. The summed E-state index contributed by atoms with van der Waals surface area (Å²) < 4.78 is 0. The number of aliphatic hydroxyl groups excluding tert-OH is 3. The highest BCUT2D eigenvalue weighted by atomic mass is 16.3. The van der Waals surface area contributed by atoms with Crippen LogP contribution < -0.4 is 0 Å². The number of rotatable bonds is 1. The molecule has 0 aromatic heterocycles. The van der Waals surface area contributed by atoms with Crippen molar-refractivity contribution in [2.75, 3.05) is 13.7 Å². The molecule has 0 aliphatic heterocycles. The third-order valence-electron chi connectivity index (χ3n) is 1.03. The molecule has 1 aromatic carbocycles. The van der Waals surface area contributed by atoms with Crippen molar-refractivity contribution in [3.63, 3.8) is 0 Å². The van der Waals surface area contributed by atoms with Gasteiger partial charge < -0.3 is 15.3 Å². The van der Waals surface area contributed by atoms with Gasteiger partial charge in [0.1, 0.15) is 0 Å². The van der Waals surface area contributed by atoms with Gasteiger partial charge in [-0.25, -0.2) is 0 Å². The van der Waals surface area contributed by atoms with Crippen LogP contribution in [0.5, 0.6) is 0 Å². The molecule has 0 aliphatic rings. The molecule has 0 aliphatic carbocycles. The van der Waals surface area contributed by atoms with Crippen LogP contribution in [0, 0.1) is 0 Å². The molecule has 0 saturated heterocycles. The highest BCUT2D eigenvalue weighted by molar-refractivity contribution is 5.12. The predicted molar refractivity (Wildman–Crippen MR) is 53.3 cm³/mol. The van der Waals surface area contributed by atoms with Gasteiger partial charge in [-0.05, 0) is 12.5 Å². The van der Waals surface area contributed by atoms with Gasteiger partial charge in [0, 0.05) is 13.7 Å². The first kappa shape index (κ1) is 14.6. The first-order valence-corrected chi connectivity index (χ1v) is 4.05. The minimum atomic E-state index is 0.140. The van der Waals surface area contributed by atoms with Gasteiger partial charge in [0.15, 0.2) is 0 Å². The van der Waals surface area contributed by atoms with Gasteiger partial charge in [-0.1, -0.05) is 30.3 Å². The minimum absolute atomic E-state index is 0.140. The molecule has 0 radical (unpaired) electrons. The van der Waals surface area contributed by atoms with E-state index in [1.807, 2.05) is 30.3 Å². The van der Waals surface area contributed by atoms with Crippen molar-refractivity contribution >= 4 is 0 Å². The van der Waals surface area contributed by atoms with Crippen LogP contribution in [0.2, 0.25) is 0 Å². The lowest BCUT2D eigenvalue weighted by Gasteiger charge is -1.89. The van der Waals surface area contributed by atoms with Crippen LogP contribution in [0.4, 0.5) is 0 Å². The van der Waals surface area contributed by atoms with Gasteiger partial charge in [0.25, 0.3) is 0 Å². The SMILES string of the molecule is CCO.CO.OCc1ccccc1. The van der Waals surface area contributed by atoms with E-state index in [0.717, 1.165) is 12.7 Å². The molecule has 1 aromatic rings. The molecule has 0 atom stereocenters. The average molecular weight is 186 g/mol. The zero-order chi connectivity index (χ0) is 10.5. The Balaban J connectivity index is 0. The fourth-order valence-electron chi connectivity index (χ4n) is 0.583. The topological polar surface area (TPSA) is 60.7 Å². The summed E-state index contributed by atoms with van der Waals surface area (Å²) in [7, 11) is 1.00. The monoisotopic (exact) mass is 186 g/mol. The normalized spacial score (nSPS) is 7.46. The van der Waals surface area contributed by atoms with Crippen molar-refractivity contribution in [1.82, 2.24) is 0 Å². The van der Waals surface area contributed by atoms with E-state index >= 15 is 0 Å². The summed E-state index contributed by atoms with van der Waals surface area (Å²) >= 11 is 0. The van der Waals surface area contributed by atoms with Crippen LogP contribution >= 0.6 is 0 Å². The quantitative estimate of drug-likeness (QED) is 0.607. The second kappa shape index (κ2) is 13.7. The Morgan fingerprint density at radius 1 is 1.00 bits per heavy atom. The van der Waals surface area contributed by atoms with Crippen molar-refractivity contribution < 1.29 is 15.3 Å². The predicted octanol–water partition coefficient (Wildman–Crippen LogP) is 0.786. The third kappa shape index (κ3) is 11.1. The molecule has 3 heteroatoms. The van der Waals surface area contributed by atoms with Crippen molar-refractivity contribution in [2.24, 2.45) is 0 Å². The molecular weight excluding hydrogens is 168 g/mol. The van der Waals surface area contributed by atoms with E-state index in [1.54, 1.807) is 6.92 Å². The number of aliphatic hydroxyl groups is 3. The zero-order valence-corrected chi connectivity index (χ0v) is 8.14. The van der Waals surface area contributed by atoms with Gasteiger partial charge in [-0.15, -0.1) is 0 Å². The Bertz CT molecular complexity index is 163. The molecule has 76 valence electrons. The molecule has 13 heavy (non-hydrogen) atoms. The fourth-order valence-corrected chi connectivity index (χ4v) is 0.583. The van der Waals surface area contributed by atoms with Crippen molar-refractivity contribution in [3.8, 4) is 0 Å². The van der Waals surface area contributed by atoms with Gasteiger partial charge in [0.05, 0.1) is 6.61 Å². The van der Waals surface area contributed by atoms with E-state index in [1.165, 1.54) is 0 Å². The van der Waals surface area contributed by atoms with Crippen LogP contribution in [0.3, 0.4) is 0 Å². The number of benzene rings is 1. The van der Waals surface area contributed by atoms with E-state index in [2.05, 4.69) is 0 Å². The lowest BCUT2D eigenvalue weighted by molar-refractivity contribution is 0.282. The minimum Gasteiger partial charge on any atom is -0.400 e. The molecule has 3 nitrogen and oxygen atoms in total. The molecule has 0 bridgehead atoms. The lowest BCUT2D eigenvalue weighted by atomic mass is 10.2. The summed E-state index contributed by atoms with van der Waals surface area (Å²) in [5.41, 5.74) is 0.965. The Morgan fingerprint density at radius 2 is 1.38 bits per heavy atom. The van der Waals surface area contributed by atoms with Crippen molar-refractivity contribution in [1.29, 1.82) is 0 Å². The first-order valence-electron chi connectivity index (χ1n) is 4.05. The maximum absolute atomic E-state index is 8.54. The fraction of sp³-hybridized carbons (Fsp3) is 0.400. The Labute approximate surface area is 79.3 Å². The van der Waals surface area contributed by atoms with Crippen molar-refractivity contribution in [2.45, 2.75) is 13.5 Å². The Hall–Kier alpha value is -0.900. The van der Waals surface area contributed by atoms with Gasteiger partial charge >= 0.3 is 0 Å². The Morgan fingerprint density at radius 3 is 1.62 bits per heavy atom. The molecule has 0 unspecified atom stereocenters. The maximum atomic E-state index is 8.54. The number of hydrogen-bond acceptors (Lipinski definition) is 3. The zero-order valence-electron chi connectivity index (χ0n) is 8.14. The third-order valence-corrected chi connectivity index (χ3v) is 1.03. The van der Waals surface area contributed by atoms with Crippen LogP contribution in [0.15, 0.2) is 30.3 Å². The molecule has 3 N–H and O–H groups in total. The van der Waals surface area contributed by atoms with Gasteiger partial charge in [-0.3, -0.25) is 0 Å². The second-order valence-corrected chi connectivity index (χ2v) is 1.96. The maximum Gasteiger partial charge on any atom is 0.0681 e. The summed E-state index contributed by atoms with van der Waals surface area (Å²) in [5.74, 6) is 0. The largest absolute Gasteiger partial charge is 0.400 e. The van der Waals surface area contributed by atoms with Gasteiger partial charge in [-0.2, -0.15) is 0 Å². The van der Waals surface area contributed by atoms with E-state index in [9.17, 15) is 0 Å². The summed E-state index contributed by atoms with van der Waals surface area (Å²) in [6.07, 6.45) is 0. The van der Waals surface area contributed by atoms with Crippen LogP contribution in [0.25, 0.3) is 0 Å². The molecule has 0 spiro atoms. The van der Waals surface area contributed by atoms with Crippen LogP contribution in [0.1, 0.15) is 12.5 Å². The average Bonchev–Trinajstić information content (AvgIpc) is 2.23. The second-order valence-electron chi connectivity index (χ2n) is 1.96. The Kier molecular flexibility index (Phi) is 15.4. The van der Waals surface area contributed by atoms with E-state index in [4.69, 9.17) is 15.3 Å². The summed E-state index contributed by atoms with van der Waals surface area (Å²) in [5, 5.41) is 23.1. The molecule has 0 saturated carbocycles. The van der Waals surface area contributed by atoms with Gasteiger partial charge in [0.2, 0.25) is 0 Å².